The number of carbonyl (C=O) groups is 2. The van der Waals surface area contributed by atoms with E-state index in [2.05, 4.69) is 0 Å². The van der Waals surface area contributed by atoms with E-state index in [9.17, 15) is 14.7 Å². The summed E-state index contributed by atoms with van der Waals surface area (Å²) >= 11 is 0. The SMILES string of the molecule is Cc1c(C)c(O)c(C(=O)O)c(C(C)C(=O)O)c1C. The van der Waals surface area contributed by atoms with Gasteiger partial charge in [-0.1, -0.05) is 0 Å². The Morgan fingerprint density at radius 3 is 1.89 bits per heavy atom. The van der Waals surface area contributed by atoms with Crippen LogP contribution in [0.1, 0.15) is 45.5 Å². The van der Waals surface area contributed by atoms with Gasteiger partial charge in [0.1, 0.15) is 11.3 Å². The molecule has 0 bridgehead atoms. The van der Waals surface area contributed by atoms with Crippen LogP contribution in [-0.2, 0) is 4.79 Å². The van der Waals surface area contributed by atoms with Crippen molar-refractivity contribution < 1.29 is 24.9 Å². The van der Waals surface area contributed by atoms with Gasteiger partial charge in [0.15, 0.2) is 0 Å². The van der Waals surface area contributed by atoms with Crippen LogP contribution in [0, 0.1) is 20.8 Å². The summed E-state index contributed by atoms with van der Waals surface area (Å²) in [5.41, 5.74) is 1.62. The average Bonchev–Trinajstić information content (AvgIpc) is 2.29. The monoisotopic (exact) mass is 252 g/mol. The number of aromatic hydroxyl groups is 1. The first-order chi connectivity index (χ1) is 8.20. The van der Waals surface area contributed by atoms with E-state index in [1.807, 2.05) is 0 Å². The minimum atomic E-state index is -1.32. The number of rotatable bonds is 3. The molecule has 5 heteroatoms. The molecule has 0 aliphatic rings. The van der Waals surface area contributed by atoms with Crippen molar-refractivity contribution in [3.63, 3.8) is 0 Å². The lowest BCUT2D eigenvalue weighted by Gasteiger charge is -2.19. The summed E-state index contributed by atoms with van der Waals surface area (Å²) in [5, 5.41) is 28.1. The number of phenols is 1. The zero-order chi connectivity index (χ0) is 14.2. The standard InChI is InChI=1S/C13H16O5/c1-5-6(2)9(8(4)12(15)16)10(13(17)18)11(14)7(5)3/h8,14H,1-4H3,(H,15,16)(H,17,18). The molecule has 0 saturated carbocycles. The molecule has 0 aliphatic carbocycles. The molecule has 0 spiro atoms. The predicted molar refractivity (Wildman–Crippen MR) is 65.3 cm³/mol. The van der Waals surface area contributed by atoms with Crippen LogP contribution in [0.2, 0.25) is 0 Å². The molecule has 0 saturated heterocycles. The number of carboxylic acids is 2. The van der Waals surface area contributed by atoms with Crippen LogP contribution in [0.5, 0.6) is 5.75 Å². The van der Waals surface area contributed by atoms with Gasteiger partial charge in [-0.2, -0.15) is 0 Å². The third-order valence-electron chi connectivity index (χ3n) is 3.41. The van der Waals surface area contributed by atoms with Crippen molar-refractivity contribution in [2.24, 2.45) is 0 Å². The fourth-order valence-corrected chi connectivity index (χ4v) is 2.04. The van der Waals surface area contributed by atoms with Gasteiger partial charge in [-0.25, -0.2) is 4.79 Å². The van der Waals surface area contributed by atoms with Crippen LogP contribution >= 0.6 is 0 Å². The van der Waals surface area contributed by atoms with Crippen LogP contribution < -0.4 is 0 Å². The third-order valence-corrected chi connectivity index (χ3v) is 3.41. The molecule has 0 heterocycles. The molecule has 1 aromatic rings. The van der Waals surface area contributed by atoms with Crippen LogP contribution in [0.3, 0.4) is 0 Å². The van der Waals surface area contributed by atoms with Gasteiger partial charge in [0, 0.05) is 0 Å². The lowest BCUT2D eigenvalue weighted by atomic mass is 9.86. The third kappa shape index (κ3) is 2.03. The quantitative estimate of drug-likeness (QED) is 0.766. The Balaban J connectivity index is 3.77. The molecule has 98 valence electrons. The van der Waals surface area contributed by atoms with Gasteiger partial charge in [0.05, 0.1) is 5.92 Å². The number of benzene rings is 1. The molecular weight excluding hydrogens is 236 g/mol. The first kappa shape index (κ1) is 14.0. The van der Waals surface area contributed by atoms with E-state index < -0.39 is 17.9 Å². The Morgan fingerprint density at radius 2 is 1.50 bits per heavy atom. The van der Waals surface area contributed by atoms with Gasteiger partial charge in [0.2, 0.25) is 0 Å². The molecule has 5 nitrogen and oxygen atoms in total. The summed E-state index contributed by atoms with van der Waals surface area (Å²) in [6, 6.07) is 0. The van der Waals surface area contributed by atoms with E-state index in [1.54, 1.807) is 20.8 Å². The normalized spacial score (nSPS) is 12.2. The van der Waals surface area contributed by atoms with Crippen molar-refractivity contribution in [2.75, 3.05) is 0 Å². The second kappa shape index (κ2) is 4.68. The summed E-state index contributed by atoms with van der Waals surface area (Å²) in [5.74, 6) is -3.78. The van der Waals surface area contributed by atoms with Crippen LogP contribution in [-0.4, -0.2) is 27.3 Å². The van der Waals surface area contributed by atoms with Crippen molar-refractivity contribution >= 4 is 11.9 Å². The molecule has 1 aromatic carbocycles. The van der Waals surface area contributed by atoms with Crippen molar-refractivity contribution in [1.82, 2.24) is 0 Å². The van der Waals surface area contributed by atoms with E-state index in [-0.39, 0.29) is 16.9 Å². The molecule has 1 atom stereocenters. The van der Waals surface area contributed by atoms with Crippen molar-refractivity contribution in [2.45, 2.75) is 33.6 Å². The molecule has 0 fully saturated rings. The summed E-state index contributed by atoms with van der Waals surface area (Å²) in [6.07, 6.45) is 0. The Hall–Kier alpha value is -2.04. The first-order valence-corrected chi connectivity index (χ1v) is 5.48. The lowest BCUT2D eigenvalue weighted by molar-refractivity contribution is -0.138. The Labute approximate surface area is 105 Å². The number of hydrogen-bond donors (Lipinski definition) is 3. The summed E-state index contributed by atoms with van der Waals surface area (Å²) in [7, 11) is 0. The molecule has 1 rings (SSSR count). The second-order valence-electron chi connectivity index (χ2n) is 4.38. The highest BCUT2D eigenvalue weighted by Gasteiger charge is 2.28. The smallest absolute Gasteiger partial charge is 0.339 e. The van der Waals surface area contributed by atoms with E-state index in [1.165, 1.54) is 6.92 Å². The van der Waals surface area contributed by atoms with E-state index >= 15 is 0 Å². The molecule has 1 unspecified atom stereocenters. The zero-order valence-corrected chi connectivity index (χ0v) is 10.7. The zero-order valence-electron chi connectivity index (χ0n) is 10.7. The van der Waals surface area contributed by atoms with Crippen molar-refractivity contribution in [3.05, 3.63) is 27.8 Å². The van der Waals surface area contributed by atoms with Crippen LogP contribution in [0.15, 0.2) is 0 Å². The Kier molecular flexibility index (Phi) is 3.65. The molecule has 0 amide bonds. The van der Waals surface area contributed by atoms with E-state index in [0.717, 1.165) is 0 Å². The Bertz CT molecular complexity index is 531. The molecular formula is C13H16O5. The van der Waals surface area contributed by atoms with Gasteiger partial charge in [-0.3, -0.25) is 4.79 Å². The number of aliphatic carboxylic acids is 1. The number of carboxylic acid groups (broad SMARTS) is 2. The summed E-state index contributed by atoms with van der Waals surface area (Å²) in [6.45, 7) is 6.42. The van der Waals surface area contributed by atoms with Gasteiger partial charge in [-0.15, -0.1) is 0 Å². The molecule has 0 aliphatic heterocycles. The molecule has 0 aromatic heterocycles. The van der Waals surface area contributed by atoms with Gasteiger partial charge in [0.25, 0.3) is 0 Å². The topological polar surface area (TPSA) is 94.8 Å². The average molecular weight is 252 g/mol. The summed E-state index contributed by atoms with van der Waals surface area (Å²) < 4.78 is 0. The molecule has 18 heavy (non-hydrogen) atoms. The predicted octanol–water partition coefficient (Wildman–Crippen LogP) is 2.20. The van der Waals surface area contributed by atoms with Crippen LogP contribution in [0.25, 0.3) is 0 Å². The maximum absolute atomic E-state index is 11.2. The highest BCUT2D eigenvalue weighted by atomic mass is 16.4. The van der Waals surface area contributed by atoms with Crippen molar-refractivity contribution in [1.29, 1.82) is 0 Å². The second-order valence-corrected chi connectivity index (χ2v) is 4.38. The van der Waals surface area contributed by atoms with E-state index in [0.29, 0.717) is 16.7 Å². The number of hydrogen-bond acceptors (Lipinski definition) is 3. The van der Waals surface area contributed by atoms with E-state index in [4.69, 9.17) is 10.2 Å². The fourth-order valence-electron chi connectivity index (χ4n) is 2.04. The summed E-state index contributed by atoms with van der Waals surface area (Å²) in [4.78, 5) is 22.3. The molecule has 0 radical (unpaired) electrons. The molecule has 3 N–H and O–H groups in total. The fraction of sp³-hybridized carbons (Fsp3) is 0.385. The van der Waals surface area contributed by atoms with Gasteiger partial charge < -0.3 is 15.3 Å². The first-order valence-electron chi connectivity index (χ1n) is 5.48. The minimum absolute atomic E-state index is 0.163. The maximum Gasteiger partial charge on any atom is 0.339 e. The largest absolute Gasteiger partial charge is 0.507 e. The van der Waals surface area contributed by atoms with Crippen LogP contribution in [0.4, 0.5) is 0 Å². The minimum Gasteiger partial charge on any atom is -0.507 e. The van der Waals surface area contributed by atoms with Gasteiger partial charge in [-0.05, 0) is 49.9 Å². The maximum atomic E-state index is 11.2. The highest BCUT2D eigenvalue weighted by molar-refractivity contribution is 5.96. The van der Waals surface area contributed by atoms with Crippen molar-refractivity contribution in [3.8, 4) is 5.75 Å². The lowest BCUT2D eigenvalue weighted by Crippen LogP contribution is -2.16. The van der Waals surface area contributed by atoms with Gasteiger partial charge >= 0.3 is 11.9 Å². The highest BCUT2D eigenvalue weighted by Crippen LogP contribution is 2.36. The number of aromatic carboxylic acids is 1. The Morgan fingerprint density at radius 1 is 1.00 bits per heavy atom.